The molecule has 2 aromatic heterocycles. The summed E-state index contributed by atoms with van der Waals surface area (Å²) in [6, 6.07) is 13.8. The topological polar surface area (TPSA) is 64.3 Å². The number of amides is 1. The first kappa shape index (κ1) is 18.8. The van der Waals surface area contributed by atoms with Gasteiger partial charge in [0.15, 0.2) is 5.82 Å². The number of pyridine rings is 1. The van der Waals surface area contributed by atoms with E-state index in [9.17, 15) is 4.79 Å². The third-order valence-electron chi connectivity index (χ3n) is 4.61. The number of anilines is 2. The van der Waals surface area contributed by atoms with Crippen molar-refractivity contribution in [3.8, 4) is 0 Å². The summed E-state index contributed by atoms with van der Waals surface area (Å²) in [5.41, 5.74) is 2.65. The Balaban J connectivity index is 1.56. The largest absolute Gasteiger partial charge is 0.382 e. The first-order valence-electron chi connectivity index (χ1n) is 9.33. The van der Waals surface area contributed by atoms with E-state index >= 15 is 0 Å². The van der Waals surface area contributed by atoms with Gasteiger partial charge in [0.05, 0.1) is 5.69 Å². The van der Waals surface area contributed by atoms with Crippen molar-refractivity contribution in [2.75, 3.05) is 43.9 Å². The number of carbonyl (C=O) groups excluding carboxylic acids is 1. The summed E-state index contributed by atoms with van der Waals surface area (Å²) in [7, 11) is 3.88. The number of rotatable bonds is 8. The molecular formula is C21H27N5O. The van der Waals surface area contributed by atoms with Crippen molar-refractivity contribution in [2.45, 2.75) is 13.3 Å². The molecule has 6 heteroatoms. The smallest absolute Gasteiger partial charge is 0.270 e. The Morgan fingerprint density at radius 1 is 1.15 bits per heavy atom. The molecule has 0 unspecified atom stereocenters. The summed E-state index contributed by atoms with van der Waals surface area (Å²) in [5, 5.41) is 4.39. The van der Waals surface area contributed by atoms with E-state index in [1.807, 2.05) is 56.6 Å². The zero-order valence-corrected chi connectivity index (χ0v) is 16.2. The lowest BCUT2D eigenvalue weighted by Gasteiger charge is -2.23. The quantitative estimate of drug-likeness (QED) is 0.640. The molecule has 0 aliphatic rings. The Morgan fingerprint density at radius 2 is 1.96 bits per heavy atom. The summed E-state index contributed by atoms with van der Waals surface area (Å²) in [6.07, 6.45) is 2.67. The van der Waals surface area contributed by atoms with E-state index < -0.39 is 0 Å². The Morgan fingerprint density at radius 3 is 2.74 bits per heavy atom. The van der Waals surface area contributed by atoms with Gasteiger partial charge in [-0.3, -0.25) is 4.79 Å². The Hall–Kier alpha value is -3.02. The van der Waals surface area contributed by atoms with Crippen molar-refractivity contribution in [2.24, 2.45) is 0 Å². The molecule has 142 valence electrons. The first-order chi connectivity index (χ1) is 13.1. The number of fused-ring (bicyclic) bond motifs is 1. The highest BCUT2D eigenvalue weighted by Crippen LogP contribution is 2.21. The first-order valence-corrected chi connectivity index (χ1v) is 9.33. The minimum Gasteiger partial charge on any atom is -0.382 e. The van der Waals surface area contributed by atoms with Crippen LogP contribution in [-0.2, 0) is 0 Å². The summed E-state index contributed by atoms with van der Waals surface area (Å²) in [5.74, 6) is 0.948. The highest BCUT2D eigenvalue weighted by molar-refractivity contribution is 5.97. The maximum Gasteiger partial charge on any atom is 0.270 e. The molecule has 6 nitrogen and oxygen atoms in total. The number of benzene rings is 1. The second kappa shape index (κ2) is 8.58. The van der Waals surface area contributed by atoms with Crippen molar-refractivity contribution in [3.63, 3.8) is 0 Å². The molecule has 2 N–H and O–H groups in total. The van der Waals surface area contributed by atoms with Gasteiger partial charge in [-0.25, -0.2) is 4.98 Å². The standard InChI is InChI=1S/C21H27N5O/c1-4-22-18-11-7-12-23-20(18)25(2)13-8-14-26(3)21(27)19-15-16-9-5-6-10-17(16)24-19/h5-7,9-12,15,22,24H,4,8,13-14H2,1-3H3. The number of aromatic nitrogens is 2. The van der Waals surface area contributed by atoms with Crippen LogP contribution in [0.3, 0.4) is 0 Å². The summed E-state index contributed by atoms with van der Waals surface area (Å²) in [6.45, 7) is 4.43. The molecule has 0 bridgehead atoms. The average molecular weight is 365 g/mol. The number of hydrogen-bond donors (Lipinski definition) is 2. The zero-order valence-electron chi connectivity index (χ0n) is 16.2. The second-order valence-corrected chi connectivity index (χ2v) is 6.68. The van der Waals surface area contributed by atoms with Gasteiger partial charge in [-0.2, -0.15) is 0 Å². The third-order valence-corrected chi connectivity index (χ3v) is 4.61. The van der Waals surface area contributed by atoms with E-state index in [1.165, 1.54) is 0 Å². The van der Waals surface area contributed by atoms with Crippen LogP contribution in [0.25, 0.3) is 10.9 Å². The van der Waals surface area contributed by atoms with Gasteiger partial charge in [-0.15, -0.1) is 0 Å². The van der Waals surface area contributed by atoms with E-state index in [2.05, 4.69) is 27.1 Å². The number of H-pyrrole nitrogens is 1. The molecule has 0 radical (unpaired) electrons. The molecule has 1 aromatic carbocycles. The van der Waals surface area contributed by atoms with Gasteiger partial charge in [0.1, 0.15) is 5.69 Å². The molecule has 0 spiro atoms. The molecule has 0 fully saturated rings. The second-order valence-electron chi connectivity index (χ2n) is 6.68. The molecular weight excluding hydrogens is 338 g/mol. The van der Waals surface area contributed by atoms with Crippen LogP contribution in [0.5, 0.6) is 0 Å². The molecule has 0 atom stereocenters. The molecule has 3 aromatic rings. The molecule has 0 saturated carbocycles. The van der Waals surface area contributed by atoms with Crippen LogP contribution < -0.4 is 10.2 Å². The van der Waals surface area contributed by atoms with E-state index in [0.717, 1.165) is 41.9 Å². The number of aromatic amines is 1. The maximum absolute atomic E-state index is 12.7. The van der Waals surface area contributed by atoms with E-state index in [0.29, 0.717) is 12.2 Å². The fourth-order valence-corrected chi connectivity index (χ4v) is 3.18. The van der Waals surface area contributed by atoms with Gasteiger partial charge in [0.25, 0.3) is 5.91 Å². The summed E-state index contributed by atoms with van der Waals surface area (Å²) < 4.78 is 0. The molecule has 0 saturated heterocycles. The number of hydrogen-bond acceptors (Lipinski definition) is 4. The number of carbonyl (C=O) groups is 1. The SMILES string of the molecule is CCNc1cccnc1N(C)CCCN(C)C(=O)c1cc2ccccc2[nH]1. The lowest BCUT2D eigenvalue weighted by atomic mass is 10.2. The van der Waals surface area contributed by atoms with Crippen LogP contribution in [0.1, 0.15) is 23.8 Å². The van der Waals surface area contributed by atoms with Crippen LogP contribution in [0, 0.1) is 0 Å². The Kier molecular flexibility index (Phi) is 5.96. The molecule has 0 aliphatic heterocycles. The van der Waals surface area contributed by atoms with E-state index in [4.69, 9.17) is 0 Å². The van der Waals surface area contributed by atoms with E-state index in [1.54, 1.807) is 11.1 Å². The number of nitrogens with zero attached hydrogens (tertiary/aromatic N) is 3. The van der Waals surface area contributed by atoms with Crippen molar-refractivity contribution >= 4 is 28.3 Å². The normalized spacial score (nSPS) is 10.8. The van der Waals surface area contributed by atoms with Crippen molar-refractivity contribution < 1.29 is 4.79 Å². The Bertz CT molecular complexity index is 871. The van der Waals surface area contributed by atoms with Crippen LogP contribution in [0.4, 0.5) is 11.5 Å². The zero-order chi connectivity index (χ0) is 19.2. The molecule has 27 heavy (non-hydrogen) atoms. The van der Waals surface area contributed by atoms with Crippen molar-refractivity contribution in [1.29, 1.82) is 0 Å². The van der Waals surface area contributed by atoms with Crippen molar-refractivity contribution in [1.82, 2.24) is 14.9 Å². The molecule has 0 aliphatic carbocycles. The summed E-state index contributed by atoms with van der Waals surface area (Å²) in [4.78, 5) is 24.2. The minimum atomic E-state index is 0.0139. The predicted octanol–water partition coefficient (Wildman–Crippen LogP) is 3.59. The van der Waals surface area contributed by atoms with Gasteiger partial charge in [-0.1, -0.05) is 18.2 Å². The molecule has 3 rings (SSSR count). The van der Waals surface area contributed by atoms with Gasteiger partial charge in [0.2, 0.25) is 0 Å². The van der Waals surface area contributed by atoms with Crippen LogP contribution >= 0.6 is 0 Å². The molecule has 2 heterocycles. The highest BCUT2D eigenvalue weighted by atomic mass is 16.2. The van der Waals surface area contributed by atoms with Crippen LogP contribution in [-0.4, -0.2) is 54.5 Å². The van der Waals surface area contributed by atoms with E-state index in [-0.39, 0.29) is 5.91 Å². The Labute approximate surface area is 160 Å². The fourth-order valence-electron chi connectivity index (χ4n) is 3.18. The highest BCUT2D eigenvalue weighted by Gasteiger charge is 2.15. The van der Waals surface area contributed by atoms with Gasteiger partial charge in [0, 0.05) is 50.8 Å². The van der Waals surface area contributed by atoms with Crippen LogP contribution in [0.15, 0.2) is 48.7 Å². The number of nitrogens with one attached hydrogen (secondary N) is 2. The van der Waals surface area contributed by atoms with Gasteiger partial charge >= 0.3 is 0 Å². The van der Waals surface area contributed by atoms with Gasteiger partial charge in [-0.05, 0) is 37.6 Å². The molecule has 1 amide bonds. The lowest BCUT2D eigenvalue weighted by Crippen LogP contribution is -2.31. The average Bonchev–Trinajstić information content (AvgIpc) is 3.12. The minimum absolute atomic E-state index is 0.0139. The monoisotopic (exact) mass is 365 g/mol. The summed E-state index contributed by atoms with van der Waals surface area (Å²) >= 11 is 0. The van der Waals surface area contributed by atoms with Crippen molar-refractivity contribution in [3.05, 3.63) is 54.4 Å². The third kappa shape index (κ3) is 4.39. The van der Waals surface area contributed by atoms with Gasteiger partial charge < -0.3 is 20.1 Å². The predicted molar refractivity (Wildman–Crippen MR) is 112 cm³/mol. The lowest BCUT2D eigenvalue weighted by molar-refractivity contribution is 0.0789. The number of para-hydroxylation sites is 1. The fraction of sp³-hybridized carbons (Fsp3) is 0.333. The maximum atomic E-state index is 12.7. The van der Waals surface area contributed by atoms with Crippen LogP contribution in [0.2, 0.25) is 0 Å².